The van der Waals surface area contributed by atoms with E-state index in [9.17, 15) is 14.9 Å². The van der Waals surface area contributed by atoms with Crippen LogP contribution in [-0.2, 0) is 11.4 Å². The molecule has 1 aliphatic rings. The summed E-state index contributed by atoms with van der Waals surface area (Å²) in [6.07, 6.45) is 1.75. The molecule has 2 aromatic rings. The smallest absolute Gasteiger partial charge is 0.269 e. The third-order valence-corrected chi connectivity index (χ3v) is 6.06. The van der Waals surface area contributed by atoms with Gasteiger partial charge in [0.2, 0.25) is 0 Å². The molecule has 2 aromatic carbocycles. The van der Waals surface area contributed by atoms with E-state index in [1.165, 1.54) is 28.8 Å². The van der Waals surface area contributed by atoms with Crippen molar-refractivity contribution < 1.29 is 14.5 Å². The number of carbonyl (C=O) groups excluding carboxylic acids is 1. The number of carbonyl (C=O) groups is 1. The Morgan fingerprint density at radius 2 is 2.03 bits per heavy atom. The molecule has 29 heavy (non-hydrogen) atoms. The van der Waals surface area contributed by atoms with E-state index in [2.05, 4.69) is 20.9 Å². The number of nitro benzene ring substituents is 1. The molecule has 1 aliphatic heterocycles. The summed E-state index contributed by atoms with van der Waals surface area (Å²) in [5.74, 6) is 0.326. The molecule has 7 nitrogen and oxygen atoms in total. The number of likely N-dealkylation sites (N-methyl/N-ethyl adjacent to an activating group) is 1. The van der Waals surface area contributed by atoms with Crippen molar-refractivity contribution in [3.63, 3.8) is 0 Å². The highest BCUT2D eigenvalue weighted by Gasteiger charge is 2.29. The molecule has 1 heterocycles. The Bertz CT molecular complexity index is 1020. The van der Waals surface area contributed by atoms with Crippen molar-refractivity contribution in [2.24, 2.45) is 4.99 Å². The number of nitro groups is 1. The van der Waals surface area contributed by atoms with Gasteiger partial charge in [-0.1, -0.05) is 11.6 Å². The lowest BCUT2D eigenvalue weighted by Gasteiger charge is -2.11. The van der Waals surface area contributed by atoms with Gasteiger partial charge in [-0.2, -0.15) is 0 Å². The van der Waals surface area contributed by atoms with Crippen LogP contribution < -0.4 is 4.74 Å². The molecule has 0 atom stereocenters. The van der Waals surface area contributed by atoms with Crippen molar-refractivity contribution in [3.05, 3.63) is 72.0 Å². The third-order valence-electron chi connectivity index (χ3n) is 4.04. The maximum atomic E-state index is 12.3. The van der Waals surface area contributed by atoms with E-state index >= 15 is 0 Å². The van der Waals surface area contributed by atoms with Crippen LogP contribution in [0.3, 0.4) is 0 Å². The maximum absolute atomic E-state index is 12.3. The quantitative estimate of drug-likeness (QED) is 0.326. The summed E-state index contributed by atoms with van der Waals surface area (Å²) in [5, 5.41) is 11.7. The van der Waals surface area contributed by atoms with Crippen LogP contribution in [0.2, 0.25) is 5.02 Å². The van der Waals surface area contributed by atoms with Crippen LogP contribution in [0.4, 0.5) is 5.69 Å². The number of hydrogen-bond donors (Lipinski definition) is 0. The number of non-ortho nitro benzene ring substituents is 1. The van der Waals surface area contributed by atoms with Gasteiger partial charge in [0.15, 0.2) is 10.9 Å². The van der Waals surface area contributed by atoms with Crippen molar-refractivity contribution in [2.75, 3.05) is 14.1 Å². The zero-order valence-electron chi connectivity index (χ0n) is 15.4. The maximum Gasteiger partial charge on any atom is 0.269 e. The number of amides is 1. The number of ether oxygens (including phenoxy) is 1. The monoisotopic (exact) mass is 495 g/mol. The fourth-order valence-corrected chi connectivity index (χ4v) is 4.49. The number of nitrogens with zero attached hydrogens (tertiary/aromatic N) is 3. The highest BCUT2D eigenvalue weighted by molar-refractivity contribution is 9.10. The highest BCUT2D eigenvalue weighted by Crippen LogP contribution is 2.37. The lowest BCUT2D eigenvalue weighted by atomic mass is 10.2. The van der Waals surface area contributed by atoms with Gasteiger partial charge in [0.05, 0.1) is 19.3 Å². The Balaban J connectivity index is 1.77. The molecule has 0 aliphatic carbocycles. The number of hydrogen-bond acceptors (Lipinski definition) is 6. The molecule has 0 N–H and O–H groups in total. The first kappa shape index (κ1) is 21.4. The Morgan fingerprint density at radius 1 is 1.34 bits per heavy atom. The molecule has 10 heteroatoms. The first-order chi connectivity index (χ1) is 13.8. The molecular formula is C19H15BrClN3O4S. The average molecular weight is 497 g/mol. The van der Waals surface area contributed by atoms with Crippen LogP contribution in [0.1, 0.15) is 11.1 Å². The lowest BCUT2D eigenvalue weighted by molar-refractivity contribution is -0.384. The molecular weight excluding hydrogens is 482 g/mol. The van der Waals surface area contributed by atoms with Gasteiger partial charge in [0.25, 0.3) is 11.6 Å². The van der Waals surface area contributed by atoms with Gasteiger partial charge in [0, 0.05) is 26.2 Å². The standard InChI is InChI=1S/C19H15BrClN3O4S/c1-22-19-23(2)18(25)16(29-19)9-12-7-14(20)17(15(21)8-12)28-10-11-3-5-13(6-4-11)24(26)27/h3-9H,10H2,1-2H3/b16-9+,22-19?. The molecule has 1 fully saturated rings. The minimum atomic E-state index is -0.453. The van der Waals surface area contributed by atoms with Crippen molar-refractivity contribution in [1.82, 2.24) is 4.90 Å². The van der Waals surface area contributed by atoms with E-state index in [4.69, 9.17) is 16.3 Å². The van der Waals surface area contributed by atoms with E-state index in [1.54, 1.807) is 44.4 Å². The second-order valence-electron chi connectivity index (χ2n) is 6.01. The van der Waals surface area contributed by atoms with Crippen molar-refractivity contribution in [3.8, 4) is 5.75 Å². The first-order valence-corrected chi connectivity index (χ1v) is 10.3. The summed E-state index contributed by atoms with van der Waals surface area (Å²) in [7, 11) is 3.32. The predicted molar refractivity (Wildman–Crippen MR) is 118 cm³/mol. The number of aliphatic imine (C=N–C) groups is 1. The Hall–Kier alpha value is -2.36. The molecule has 0 radical (unpaired) electrons. The van der Waals surface area contributed by atoms with Crippen LogP contribution in [0.25, 0.3) is 6.08 Å². The van der Waals surface area contributed by atoms with E-state index in [0.717, 1.165) is 11.1 Å². The molecule has 1 amide bonds. The minimum absolute atomic E-state index is 0.0200. The second-order valence-corrected chi connectivity index (χ2v) is 8.28. The predicted octanol–water partition coefficient (Wildman–Crippen LogP) is 5.12. The molecule has 0 bridgehead atoms. The second kappa shape index (κ2) is 8.98. The number of amidine groups is 1. The third kappa shape index (κ3) is 4.80. The topological polar surface area (TPSA) is 85.0 Å². The van der Waals surface area contributed by atoms with E-state index in [-0.39, 0.29) is 18.2 Å². The summed E-state index contributed by atoms with van der Waals surface area (Å²) in [6, 6.07) is 9.62. The van der Waals surface area contributed by atoms with Gasteiger partial charge >= 0.3 is 0 Å². The van der Waals surface area contributed by atoms with E-state index < -0.39 is 4.92 Å². The highest BCUT2D eigenvalue weighted by atomic mass is 79.9. The summed E-state index contributed by atoms with van der Waals surface area (Å²) >= 11 is 11.1. The zero-order chi connectivity index (χ0) is 21.1. The summed E-state index contributed by atoms with van der Waals surface area (Å²) in [6.45, 7) is 0.201. The van der Waals surface area contributed by atoms with Gasteiger partial charge < -0.3 is 4.74 Å². The van der Waals surface area contributed by atoms with Crippen molar-refractivity contribution in [1.29, 1.82) is 0 Å². The van der Waals surface area contributed by atoms with Gasteiger partial charge in [-0.05, 0) is 69.2 Å². The van der Waals surface area contributed by atoms with Crippen LogP contribution >= 0.6 is 39.3 Å². The van der Waals surface area contributed by atoms with E-state index in [0.29, 0.717) is 25.3 Å². The molecule has 150 valence electrons. The first-order valence-electron chi connectivity index (χ1n) is 8.29. The number of halogens is 2. The Labute approximate surface area is 184 Å². The molecule has 1 saturated heterocycles. The normalized spacial score (nSPS) is 16.7. The average Bonchev–Trinajstić information content (AvgIpc) is 2.95. The molecule has 0 spiro atoms. The van der Waals surface area contributed by atoms with Gasteiger partial charge in [-0.15, -0.1) is 0 Å². The van der Waals surface area contributed by atoms with Gasteiger partial charge in [0.1, 0.15) is 6.61 Å². The van der Waals surface area contributed by atoms with E-state index in [1.807, 2.05) is 0 Å². The van der Waals surface area contributed by atoms with Gasteiger partial charge in [-0.3, -0.25) is 24.8 Å². The van der Waals surface area contributed by atoms with Crippen LogP contribution in [0, 0.1) is 10.1 Å². The van der Waals surface area contributed by atoms with Gasteiger partial charge in [-0.25, -0.2) is 0 Å². The number of rotatable bonds is 5. The van der Waals surface area contributed by atoms with Crippen molar-refractivity contribution >= 4 is 62.1 Å². The fraction of sp³-hybridized carbons (Fsp3) is 0.158. The number of thioether (sulfide) groups is 1. The summed E-state index contributed by atoms with van der Waals surface area (Å²) in [5.41, 5.74) is 1.53. The summed E-state index contributed by atoms with van der Waals surface area (Å²) < 4.78 is 6.41. The molecule has 3 rings (SSSR count). The number of benzene rings is 2. The molecule has 0 saturated carbocycles. The summed E-state index contributed by atoms with van der Waals surface area (Å²) in [4.78, 5) is 28.7. The minimum Gasteiger partial charge on any atom is -0.486 e. The largest absolute Gasteiger partial charge is 0.486 e. The fourth-order valence-electron chi connectivity index (χ4n) is 2.57. The Morgan fingerprint density at radius 3 is 2.59 bits per heavy atom. The van der Waals surface area contributed by atoms with Crippen LogP contribution in [0.15, 0.2) is 50.8 Å². The van der Waals surface area contributed by atoms with Crippen LogP contribution in [0.5, 0.6) is 5.75 Å². The lowest BCUT2D eigenvalue weighted by Crippen LogP contribution is -2.23. The Kier molecular flexibility index (Phi) is 6.61. The molecule has 0 unspecified atom stereocenters. The van der Waals surface area contributed by atoms with Crippen molar-refractivity contribution in [2.45, 2.75) is 6.61 Å². The molecule has 0 aromatic heterocycles. The zero-order valence-corrected chi connectivity index (χ0v) is 18.5. The van der Waals surface area contributed by atoms with Crippen LogP contribution in [-0.4, -0.2) is 35.0 Å². The SMILES string of the molecule is CN=C1S/C(=C/c2cc(Cl)c(OCc3ccc([N+](=O)[O-])cc3)c(Br)c2)C(=O)N1C.